The zero-order chi connectivity index (χ0) is 18.5. The molecule has 0 unspecified atom stereocenters. The fourth-order valence-electron chi connectivity index (χ4n) is 3.74. The summed E-state index contributed by atoms with van der Waals surface area (Å²) >= 11 is 0. The van der Waals surface area contributed by atoms with Crippen molar-refractivity contribution in [1.82, 2.24) is 15.1 Å². The highest BCUT2D eigenvalue weighted by atomic mass is 16.2. The first-order chi connectivity index (χ1) is 11.7. The van der Waals surface area contributed by atoms with E-state index in [-0.39, 0.29) is 18.0 Å². The van der Waals surface area contributed by atoms with Gasteiger partial charge < -0.3 is 10.2 Å². The summed E-state index contributed by atoms with van der Waals surface area (Å²) in [6.45, 7) is 11.6. The molecule has 2 aliphatic rings. The van der Waals surface area contributed by atoms with Crippen LogP contribution in [0.15, 0.2) is 23.4 Å². The molecule has 2 heterocycles. The van der Waals surface area contributed by atoms with E-state index in [4.69, 9.17) is 0 Å². The van der Waals surface area contributed by atoms with Crippen LogP contribution in [0.25, 0.3) is 0 Å². The van der Waals surface area contributed by atoms with Gasteiger partial charge in [0.1, 0.15) is 0 Å². The minimum atomic E-state index is -0.373. The Kier molecular flexibility index (Phi) is 4.35. The average Bonchev–Trinajstić information content (AvgIpc) is 2.84. The standard InChI is InChI=1S/C20H27N3O2/c1-11(2)9-23-10-16-17(19(23)24)18(21-20(25)22(16)6)15-8-13(4)12(3)7-14(15)5/h7-8,11,18H,9-10H2,1-6H3,(H,21,25)/t18-/m1/s1. The molecule has 0 saturated heterocycles. The van der Waals surface area contributed by atoms with Gasteiger partial charge in [0.25, 0.3) is 5.91 Å². The molecule has 3 rings (SSSR count). The van der Waals surface area contributed by atoms with Gasteiger partial charge in [-0.2, -0.15) is 0 Å². The second kappa shape index (κ2) is 6.21. The lowest BCUT2D eigenvalue weighted by Crippen LogP contribution is -2.45. The van der Waals surface area contributed by atoms with Crippen LogP contribution in [0.4, 0.5) is 4.79 Å². The molecule has 0 radical (unpaired) electrons. The van der Waals surface area contributed by atoms with Gasteiger partial charge in [0.2, 0.25) is 0 Å². The molecule has 1 N–H and O–H groups in total. The van der Waals surface area contributed by atoms with Crippen molar-refractivity contribution in [1.29, 1.82) is 0 Å². The minimum Gasteiger partial charge on any atom is -0.333 e. The quantitative estimate of drug-likeness (QED) is 0.919. The van der Waals surface area contributed by atoms with E-state index in [1.165, 1.54) is 11.1 Å². The largest absolute Gasteiger partial charge is 0.333 e. The van der Waals surface area contributed by atoms with Gasteiger partial charge in [0, 0.05) is 13.6 Å². The zero-order valence-corrected chi connectivity index (χ0v) is 15.9. The Morgan fingerprint density at radius 1 is 1.12 bits per heavy atom. The third-order valence-electron chi connectivity index (χ3n) is 5.21. The Morgan fingerprint density at radius 3 is 2.40 bits per heavy atom. The first-order valence-corrected chi connectivity index (χ1v) is 8.85. The van der Waals surface area contributed by atoms with E-state index in [0.29, 0.717) is 24.6 Å². The number of hydrogen-bond acceptors (Lipinski definition) is 2. The summed E-state index contributed by atoms with van der Waals surface area (Å²) < 4.78 is 0. The van der Waals surface area contributed by atoms with Crippen LogP contribution >= 0.6 is 0 Å². The van der Waals surface area contributed by atoms with Gasteiger partial charge in [-0.05, 0) is 48.9 Å². The molecule has 25 heavy (non-hydrogen) atoms. The van der Waals surface area contributed by atoms with Crippen LogP contribution in [-0.2, 0) is 4.79 Å². The summed E-state index contributed by atoms with van der Waals surface area (Å²) in [6, 6.07) is 3.70. The lowest BCUT2D eigenvalue weighted by molar-refractivity contribution is -0.126. The SMILES string of the molecule is Cc1cc(C)c([C@H]2NC(=O)N(C)C3=C2C(=O)N(CC(C)C)C3)cc1C. The van der Waals surface area contributed by atoms with E-state index in [0.717, 1.165) is 16.8 Å². The van der Waals surface area contributed by atoms with E-state index in [9.17, 15) is 9.59 Å². The Hall–Kier alpha value is -2.30. The van der Waals surface area contributed by atoms with Gasteiger partial charge in [-0.25, -0.2) is 4.79 Å². The number of benzene rings is 1. The summed E-state index contributed by atoms with van der Waals surface area (Å²) in [4.78, 5) is 29.0. The Morgan fingerprint density at radius 2 is 1.76 bits per heavy atom. The number of carbonyl (C=O) groups is 2. The average molecular weight is 341 g/mol. The maximum Gasteiger partial charge on any atom is 0.322 e. The van der Waals surface area contributed by atoms with Crippen LogP contribution in [0.3, 0.4) is 0 Å². The molecule has 0 aliphatic carbocycles. The summed E-state index contributed by atoms with van der Waals surface area (Å²) in [5.41, 5.74) is 6.04. The smallest absolute Gasteiger partial charge is 0.322 e. The molecule has 5 heteroatoms. The summed E-state index contributed by atoms with van der Waals surface area (Å²) in [5.74, 6) is 0.430. The number of rotatable bonds is 3. The van der Waals surface area contributed by atoms with Crippen molar-refractivity contribution < 1.29 is 9.59 Å². The molecular formula is C20H27N3O2. The van der Waals surface area contributed by atoms with Gasteiger partial charge in [-0.3, -0.25) is 9.69 Å². The number of carbonyl (C=O) groups excluding carboxylic acids is 2. The first-order valence-electron chi connectivity index (χ1n) is 8.85. The molecule has 1 atom stereocenters. The van der Waals surface area contributed by atoms with Crippen LogP contribution in [0.1, 0.15) is 42.1 Å². The number of hydrogen-bond donors (Lipinski definition) is 1. The van der Waals surface area contributed by atoms with Gasteiger partial charge in [0.15, 0.2) is 0 Å². The highest BCUT2D eigenvalue weighted by Gasteiger charge is 2.43. The van der Waals surface area contributed by atoms with Crippen LogP contribution in [0.2, 0.25) is 0 Å². The van der Waals surface area contributed by atoms with Crippen molar-refractivity contribution in [3.05, 3.63) is 45.7 Å². The Balaban J connectivity index is 2.07. The molecule has 1 aromatic rings. The highest BCUT2D eigenvalue weighted by Crippen LogP contribution is 2.37. The van der Waals surface area contributed by atoms with Crippen LogP contribution in [0, 0.1) is 26.7 Å². The molecule has 134 valence electrons. The van der Waals surface area contributed by atoms with E-state index >= 15 is 0 Å². The highest BCUT2D eigenvalue weighted by molar-refractivity contribution is 6.01. The zero-order valence-electron chi connectivity index (χ0n) is 15.9. The molecule has 0 aromatic heterocycles. The maximum atomic E-state index is 13.1. The normalized spacial score (nSPS) is 20.5. The first kappa shape index (κ1) is 17.5. The second-order valence-corrected chi connectivity index (χ2v) is 7.67. The maximum absolute atomic E-state index is 13.1. The number of nitrogens with one attached hydrogen (secondary N) is 1. The molecule has 2 aliphatic heterocycles. The summed E-state index contributed by atoms with van der Waals surface area (Å²) in [6.07, 6.45) is 0. The number of urea groups is 1. The lowest BCUT2D eigenvalue weighted by Gasteiger charge is -2.32. The van der Waals surface area contributed by atoms with E-state index in [2.05, 4.69) is 45.1 Å². The van der Waals surface area contributed by atoms with E-state index in [1.807, 2.05) is 11.8 Å². The van der Waals surface area contributed by atoms with Crippen molar-refractivity contribution in [3.8, 4) is 0 Å². The Bertz CT molecular complexity index is 779. The van der Waals surface area contributed by atoms with Gasteiger partial charge >= 0.3 is 6.03 Å². The fraction of sp³-hybridized carbons (Fsp3) is 0.500. The molecule has 0 fully saturated rings. The molecule has 0 spiro atoms. The third kappa shape index (κ3) is 2.92. The van der Waals surface area contributed by atoms with Crippen molar-refractivity contribution in [2.45, 2.75) is 40.7 Å². The summed E-state index contributed by atoms with van der Waals surface area (Å²) in [7, 11) is 1.74. The topological polar surface area (TPSA) is 52.7 Å². The van der Waals surface area contributed by atoms with Crippen molar-refractivity contribution in [2.24, 2.45) is 5.92 Å². The Labute approximate surface area is 149 Å². The van der Waals surface area contributed by atoms with Crippen molar-refractivity contribution in [3.63, 3.8) is 0 Å². The van der Waals surface area contributed by atoms with Crippen LogP contribution < -0.4 is 5.32 Å². The van der Waals surface area contributed by atoms with Crippen molar-refractivity contribution >= 4 is 11.9 Å². The molecule has 0 bridgehead atoms. The molecular weight excluding hydrogens is 314 g/mol. The monoisotopic (exact) mass is 341 g/mol. The molecule has 1 aromatic carbocycles. The second-order valence-electron chi connectivity index (χ2n) is 7.67. The van der Waals surface area contributed by atoms with E-state index in [1.54, 1.807) is 11.9 Å². The predicted molar refractivity (Wildman–Crippen MR) is 98.1 cm³/mol. The van der Waals surface area contributed by atoms with Crippen LogP contribution in [-0.4, -0.2) is 41.9 Å². The minimum absolute atomic E-state index is 0.0400. The van der Waals surface area contributed by atoms with Gasteiger partial charge in [-0.1, -0.05) is 26.0 Å². The fourth-order valence-corrected chi connectivity index (χ4v) is 3.74. The predicted octanol–water partition coefficient (Wildman–Crippen LogP) is 3.06. The third-order valence-corrected chi connectivity index (χ3v) is 5.21. The number of amides is 3. The molecule has 0 saturated carbocycles. The number of likely N-dealkylation sites (N-methyl/N-ethyl adjacent to an activating group) is 1. The number of aryl methyl sites for hydroxylation is 3. The van der Waals surface area contributed by atoms with Crippen LogP contribution in [0.5, 0.6) is 0 Å². The van der Waals surface area contributed by atoms with Crippen molar-refractivity contribution in [2.75, 3.05) is 20.1 Å². The molecule has 5 nitrogen and oxygen atoms in total. The molecule has 3 amide bonds. The lowest BCUT2D eigenvalue weighted by atomic mass is 9.90. The number of nitrogens with zero attached hydrogens (tertiary/aromatic N) is 2. The van der Waals surface area contributed by atoms with Gasteiger partial charge in [0.05, 0.1) is 23.9 Å². The van der Waals surface area contributed by atoms with Gasteiger partial charge in [-0.15, -0.1) is 0 Å². The van der Waals surface area contributed by atoms with E-state index < -0.39 is 0 Å². The summed E-state index contributed by atoms with van der Waals surface area (Å²) in [5, 5.41) is 3.03.